The maximum absolute atomic E-state index is 15.1. The summed E-state index contributed by atoms with van der Waals surface area (Å²) in [5, 5.41) is 14.3. The van der Waals surface area contributed by atoms with Gasteiger partial charge >= 0.3 is 0 Å². The lowest BCUT2D eigenvalue weighted by atomic mass is 9.95. The van der Waals surface area contributed by atoms with Gasteiger partial charge in [-0.3, -0.25) is 24.0 Å². The number of hydrogen-bond donors (Lipinski definition) is 7. The quantitative estimate of drug-likeness (QED) is 0.0251. The number of primary amides is 1. The molecule has 0 unspecified atom stereocenters. The molecule has 2 heterocycles. The number of nitrogens with two attached hydrogens (primary N) is 2. The molecule has 0 saturated carbocycles. The van der Waals surface area contributed by atoms with E-state index in [2.05, 4.69) is 26.6 Å². The summed E-state index contributed by atoms with van der Waals surface area (Å²) in [4.78, 5) is 69.6. The van der Waals surface area contributed by atoms with Crippen molar-refractivity contribution in [3.8, 4) is 11.1 Å². The minimum Gasteiger partial charge on any atom is -0.368 e. The van der Waals surface area contributed by atoms with E-state index in [1.54, 1.807) is 6.07 Å². The fourth-order valence-corrected chi connectivity index (χ4v) is 8.78. The highest BCUT2D eigenvalue weighted by Crippen LogP contribution is 2.28. The van der Waals surface area contributed by atoms with Crippen LogP contribution in [0.1, 0.15) is 48.1 Å². The van der Waals surface area contributed by atoms with Gasteiger partial charge in [-0.2, -0.15) is 0 Å². The number of benzene rings is 4. The Hall–Kier alpha value is -6.24. The van der Waals surface area contributed by atoms with Crippen molar-refractivity contribution < 1.29 is 45.9 Å². The highest BCUT2D eigenvalue weighted by molar-refractivity contribution is 7.19. The molecule has 1 aromatic heterocycles. The highest BCUT2D eigenvalue weighted by Gasteiger charge is 2.35. The fraction of sp³-hybridized carbons (Fsp3) is 0.340. The number of rotatable bonds is 20. The van der Waals surface area contributed by atoms with E-state index >= 15 is 8.78 Å². The second-order valence-electron chi connectivity index (χ2n) is 15.9. The van der Waals surface area contributed by atoms with Gasteiger partial charge in [0.25, 0.3) is 0 Å². The first-order chi connectivity index (χ1) is 31.2. The van der Waals surface area contributed by atoms with Gasteiger partial charge in [-0.25, -0.2) is 22.0 Å². The third kappa shape index (κ3) is 12.5. The molecule has 9 N–H and O–H groups in total. The van der Waals surface area contributed by atoms with Crippen molar-refractivity contribution in [1.82, 2.24) is 26.6 Å². The largest absolute Gasteiger partial charge is 0.368 e. The van der Waals surface area contributed by atoms with E-state index in [1.165, 1.54) is 11.3 Å². The number of hydrogen-bond acceptors (Lipinski definition) is 8. The number of carbonyl (C=O) groups is 5. The zero-order chi connectivity index (χ0) is 46.6. The summed E-state index contributed by atoms with van der Waals surface area (Å²) in [5.41, 5.74) is 12.2. The highest BCUT2D eigenvalue weighted by atomic mass is 32.1. The molecule has 18 heteroatoms. The van der Waals surface area contributed by atoms with E-state index in [0.29, 0.717) is 49.2 Å². The Balaban J connectivity index is 1.33. The molecule has 344 valence electrons. The van der Waals surface area contributed by atoms with E-state index in [4.69, 9.17) is 11.5 Å². The summed E-state index contributed by atoms with van der Waals surface area (Å²) in [7, 11) is 0. The molecule has 5 amide bonds. The van der Waals surface area contributed by atoms with Gasteiger partial charge in [0.05, 0.1) is 0 Å². The first-order valence-corrected chi connectivity index (χ1v) is 22.1. The molecule has 0 radical (unpaired) electrons. The number of thiophene rings is 1. The summed E-state index contributed by atoms with van der Waals surface area (Å²) >= 11 is 1.30. The smallest absolute Gasteiger partial charge is 0.243 e. The number of unbranched alkanes of at least 4 members (excludes halogenated alkanes) is 1. The molecule has 4 atom stereocenters. The van der Waals surface area contributed by atoms with Gasteiger partial charge in [0.15, 0.2) is 23.3 Å². The zero-order valence-corrected chi connectivity index (χ0v) is 36.1. The van der Waals surface area contributed by atoms with Gasteiger partial charge in [0.1, 0.15) is 24.2 Å². The molecule has 1 aliphatic heterocycles. The van der Waals surface area contributed by atoms with Crippen LogP contribution < -0.4 is 38.1 Å². The Morgan fingerprint density at radius 2 is 1.17 bits per heavy atom. The Bertz CT molecular complexity index is 2420. The second kappa shape index (κ2) is 22.6. The van der Waals surface area contributed by atoms with Crippen molar-refractivity contribution in [3.05, 3.63) is 130 Å². The Morgan fingerprint density at radius 1 is 0.631 bits per heavy atom. The first kappa shape index (κ1) is 48.2. The number of carbonyl (C=O) groups excluding carboxylic acids is 5. The average molecular weight is 920 g/mol. The molecule has 1 aliphatic rings. The number of piperidine rings is 1. The van der Waals surface area contributed by atoms with Crippen molar-refractivity contribution in [2.75, 3.05) is 19.6 Å². The maximum Gasteiger partial charge on any atom is 0.243 e. The minimum absolute atomic E-state index is 0.00121. The van der Waals surface area contributed by atoms with Crippen molar-refractivity contribution in [3.63, 3.8) is 0 Å². The van der Waals surface area contributed by atoms with Crippen LogP contribution in [0.25, 0.3) is 21.2 Å². The summed E-state index contributed by atoms with van der Waals surface area (Å²) in [6.07, 6.45) is 0.311. The van der Waals surface area contributed by atoms with E-state index in [1.807, 2.05) is 78.9 Å². The molecule has 12 nitrogen and oxygen atoms in total. The molecule has 1 saturated heterocycles. The van der Waals surface area contributed by atoms with Crippen molar-refractivity contribution >= 4 is 51.0 Å². The van der Waals surface area contributed by atoms with Crippen LogP contribution in [0.5, 0.6) is 0 Å². The monoisotopic (exact) mass is 919 g/mol. The molecule has 65 heavy (non-hydrogen) atoms. The third-order valence-electron chi connectivity index (χ3n) is 11.3. The van der Waals surface area contributed by atoms with Crippen LogP contribution in [0.3, 0.4) is 0 Å². The van der Waals surface area contributed by atoms with Gasteiger partial charge in [-0.15, -0.1) is 11.3 Å². The second-order valence-corrected chi connectivity index (χ2v) is 17.1. The predicted octanol–water partition coefficient (Wildman–Crippen LogP) is 4.84. The van der Waals surface area contributed by atoms with Gasteiger partial charge in [-0.1, -0.05) is 72.8 Å². The molecule has 6 rings (SSSR count). The predicted molar refractivity (Wildman–Crippen MR) is 236 cm³/mol. The molecule has 1 fully saturated rings. The molecule has 0 bridgehead atoms. The van der Waals surface area contributed by atoms with Crippen LogP contribution >= 0.6 is 11.3 Å². The van der Waals surface area contributed by atoms with Crippen LogP contribution in [-0.2, 0) is 43.2 Å². The standard InChI is InChI=1S/C47H50F5N7O5S/c48-38-32(39(49)41(51)42(52)40(38)50)25-36(47(64)56-33(43(54)60)11-6-7-19-53)59-46(63)35(24-31-23-30-10-4-5-12-37(30)65-31)58-45(62)34(57-44(61)29-17-20-55-21-18-29)22-26-13-15-28(16-14-26)27-8-2-1-3-9-27/h1-5,8-10,12-16,23,29,33-36,55H,6-7,11,17-22,24-25,53H2,(H2,54,60)(H,56,64)(H,57,61)(H,58,62)(H,59,63)/t33-,34+,35+,36-/m0/s1. The van der Waals surface area contributed by atoms with E-state index in [-0.39, 0.29) is 31.7 Å². The molecular formula is C47H50F5N7O5S. The SMILES string of the molecule is NCCCC[C@H](NC(=O)[C@H](Cc1c(F)c(F)c(F)c(F)c1F)NC(=O)[C@@H](Cc1cc2ccccc2s1)NC(=O)[C@@H](Cc1ccc(-c2ccccc2)cc1)NC(=O)C1CCNCC1)C(N)=O. The summed E-state index contributed by atoms with van der Waals surface area (Å²) in [5.74, 6) is -16.3. The molecule has 5 aromatic rings. The lowest BCUT2D eigenvalue weighted by Gasteiger charge is -2.28. The first-order valence-electron chi connectivity index (χ1n) is 21.3. The Kier molecular flexibility index (Phi) is 16.8. The fourth-order valence-electron chi connectivity index (χ4n) is 7.67. The average Bonchev–Trinajstić information content (AvgIpc) is 3.73. The minimum atomic E-state index is -2.43. The maximum atomic E-state index is 15.1. The zero-order valence-electron chi connectivity index (χ0n) is 35.2. The number of amides is 5. The van der Waals surface area contributed by atoms with E-state index < -0.39 is 94.8 Å². The lowest BCUT2D eigenvalue weighted by molar-refractivity contribution is -0.135. The van der Waals surface area contributed by atoms with Gasteiger partial charge in [0.2, 0.25) is 35.4 Å². The van der Waals surface area contributed by atoms with E-state index in [0.717, 1.165) is 21.2 Å². The summed E-state index contributed by atoms with van der Waals surface area (Å²) < 4.78 is 74.1. The van der Waals surface area contributed by atoms with Gasteiger partial charge in [-0.05, 0) is 85.9 Å². The normalized spacial score (nSPS) is 14.8. The van der Waals surface area contributed by atoms with Gasteiger partial charge < -0.3 is 38.1 Å². The molecule has 0 aliphatic carbocycles. The molecule has 0 spiro atoms. The van der Waals surface area contributed by atoms with Gasteiger partial charge in [0, 0.05) is 40.3 Å². The summed E-state index contributed by atoms with van der Waals surface area (Å²) in [6.45, 7) is 1.44. The van der Waals surface area contributed by atoms with Crippen molar-refractivity contribution in [2.24, 2.45) is 17.4 Å². The number of halogens is 5. The van der Waals surface area contributed by atoms with Crippen LogP contribution in [-0.4, -0.2) is 73.3 Å². The number of nitrogens with one attached hydrogen (secondary N) is 5. The van der Waals surface area contributed by atoms with E-state index in [9.17, 15) is 37.1 Å². The Morgan fingerprint density at radius 3 is 1.77 bits per heavy atom. The molecular weight excluding hydrogens is 870 g/mol. The van der Waals surface area contributed by atoms with Crippen LogP contribution in [0.15, 0.2) is 84.9 Å². The summed E-state index contributed by atoms with van der Waals surface area (Å²) in [6, 6.07) is 19.9. The lowest BCUT2D eigenvalue weighted by Crippen LogP contribution is -2.59. The van der Waals surface area contributed by atoms with Crippen molar-refractivity contribution in [2.45, 2.75) is 75.5 Å². The van der Waals surface area contributed by atoms with Crippen LogP contribution in [0.4, 0.5) is 22.0 Å². The van der Waals surface area contributed by atoms with Crippen LogP contribution in [0.2, 0.25) is 0 Å². The Labute approximate surface area is 376 Å². The molecule has 4 aromatic carbocycles. The van der Waals surface area contributed by atoms with Crippen molar-refractivity contribution in [1.29, 1.82) is 0 Å². The third-order valence-corrected chi connectivity index (χ3v) is 12.4. The topological polar surface area (TPSA) is 198 Å². The number of fused-ring (bicyclic) bond motifs is 1. The van der Waals surface area contributed by atoms with Crippen LogP contribution in [0, 0.1) is 35.0 Å².